The van der Waals surface area contributed by atoms with Crippen molar-refractivity contribution in [2.24, 2.45) is 23.5 Å². The van der Waals surface area contributed by atoms with Gasteiger partial charge in [0, 0.05) is 12.8 Å². The number of amides is 8. The van der Waals surface area contributed by atoms with Crippen molar-refractivity contribution < 1.29 is 48.3 Å². The zero-order chi connectivity index (χ0) is 47.9. The van der Waals surface area contributed by atoms with Gasteiger partial charge in [0.05, 0.1) is 6.42 Å². The lowest BCUT2D eigenvalue weighted by Gasteiger charge is -2.30. The lowest BCUT2D eigenvalue weighted by Crippen LogP contribution is -2.62. The molecule has 19 heteroatoms. The molecule has 0 spiro atoms. The predicted octanol–water partition coefficient (Wildman–Crippen LogP) is 0.957. The summed E-state index contributed by atoms with van der Waals surface area (Å²) >= 11 is 1.48. The molecular weight excluding hydrogens is 845 g/mol. The SMILES string of the molecule is CC[C@H](C)[C@H](NC(=O)[C@H](Cc1ccccc1)NC(=O)[C@H](Cc1ccccc1)NC(=O)[C@H](CCSC)NC=O)C(=O)N[C@@H](CC(N)=O)C(=O)N[C@H](C(=O)N[C@@H](CC(C)C)C(=O)O)C(C)C. The Bertz CT molecular complexity index is 1870. The smallest absolute Gasteiger partial charge is 0.326 e. The van der Waals surface area contributed by atoms with Crippen LogP contribution in [0.3, 0.4) is 0 Å². The first-order chi connectivity index (χ1) is 30.3. The van der Waals surface area contributed by atoms with Gasteiger partial charge in [-0.1, -0.05) is 109 Å². The summed E-state index contributed by atoms with van der Waals surface area (Å²) in [4.78, 5) is 119. The molecule has 0 aliphatic heterocycles. The third-order valence-electron chi connectivity index (χ3n) is 10.4. The fraction of sp³-hybridized carbons (Fsp3) is 0.533. The van der Waals surface area contributed by atoms with Crippen LogP contribution in [0.25, 0.3) is 0 Å². The molecule has 0 aliphatic rings. The number of carboxylic acids is 1. The standard InChI is InChI=1S/C45H66N8O10S/c1-8-28(6)38(44(61)50-34(24-36(46)55)42(59)52-37(27(4)5)43(60)51-35(45(62)63)21-26(2)3)53-41(58)33(23-30-17-13-10-14-18-30)49-40(57)32(22-29-15-11-9-12-16-29)48-39(56)31(47-25-54)19-20-64-7/h9-18,25-28,31-35,37-38H,8,19-24H2,1-7H3,(H2,46,55)(H,47,54)(H,48,56)(H,49,57)(H,50,61)(H,51,60)(H,52,59)(H,53,58)(H,62,63)/t28-,31-,32-,33-,34-,35-,37-,38-/m0/s1. The number of hydrogen-bond acceptors (Lipinski definition) is 10. The summed E-state index contributed by atoms with van der Waals surface area (Å²) in [6.07, 6.45) is 2.37. The monoisotopic (exact) mass is 910 g/mol. The summed E-state index contributed by atoms with van der Waals surface area (Å²) in [5.41, 5.74) is 6.85. The van der Waals surface area contributed by atoms with Crippen molar-refractivity contribution in [2.75, 3.05) is 12.0 Å². The number of nitrogens with one attached hydrogen (secondary N) is 7. The Morgan fingerprint density at radius 1 is 0.625 bits per heavy atom. The van der Waals surface area contributed by atoms with E-state index in [1.165, 1.54) is 11.8 Å². The predicted molar refractivity (Wildman–Crippen MR) is 243 cm³/mol. The van der Waals surface area contributed by atoms with Gasteiger partial charge >= 0.3 is 5.97 Å². The van der Waals surface area contributed by atoms with Gasteiger partial charge in [0.1, 0.15) is 42.3 Å². The van der Waals surface area contributed by atoms with Crippen LogP contribution in [0, 0.1) is 17.8 Å². The van der Waals surface area contributed by atoms with Gasteiger partial charge in [0.25, 0.3) is 0 Å². The Morgan fingerprint density at radius 2 is 1.06 bits per heavy atom. The van der Waals surface area contributed by atoms with Crippen molar-refractivity contribution in [3.8, 4) is 0 Å². The number of carboxylic acid groups (broad SMARTS) is 1. The molecule has 0 bridgehead atoms. The van der Waals surface area contributed by atoms with Crippen LogP contribution in [0.15, 0.2) is 60.7 Å². The average molecular weight is 911 g/mol. The van der Waals surface area contributed by atoms with Crippen molar-refractivity contribution in [2.45, 2.75) is 122 Å². The quantitative estimate of drug-likeness (QED) is 0.0519. The minimum Gasteiger partial charge on any atom is -0.480 e. The number of nitrogens with two attached hydrogens (primary N) is 1. The minimum atomic E-state index is -1.61. The molecule has 8 amide bonds. The number of carbonyl (C=O) groups is 9. The van der Waals surface area contributed by atoms with E-state index in [9.17, 15) is 48.3 Å². The van der Waals surface area contributed by atoms with Gasteiger partial charge in [-0.05, 0) is 53.7 Å². The highest BCUT2D eigenvalue weighted by Crippen LogP contribution is 2.14. The molecule has 0 saturated heterocycles. The minimum absolute atomic E-state index is 0.0342. The molecule has 2 aromatic rings. The van der Waals surface area contributed by atoms with E-state index < -0.39 is 108 Å². The van der Waals surface area contributed by atoms with Crippen LogP contribution in [0.4, 0.5) is 0 Å². The summed E-state index contributed by atoms with van der Waals surface area (Å²) in [5.74, 6) is -7.54. The van der Waals surface area contributed by atoms with Crippen LogP contribution < -0.4 is 43.0 Å². The molecule has 352 valence electrons. The lowest BCUT2D eigenvalue weighted by molar-refractivity contribution is -0.143. The van der Waals surface area contributed by atoms with E-state index in [-0.39, 0.29) is 25.2 Å². The van der Waals surface area contributed by atoms with E-state index in [1.54, 1.807) is 102 Å². The van der Waals surface area contributed by atoms with Crippen LogP contribution in [0.2, 0.25) is 0 Å². The molecular formula is C45H66N8O10S. The molecule has 8 atom stereocenters. The molecule has 2 aromatic carbocycles. The molecule has 0 fully saturated rings. The summed E-state index contributed by atoms with van der Waals surface area (Å²) in [7, 11) is 0. The summed E-state index contributed by atoms with van der Waals surface area (Å²) in [6.45, 7) is 10.3. The second-order valence-corrected chi connectivity index (χ2v) is 17.5. The summed E-state index contributed by atoms with van der Waals surface area (Å²) < 4.78 is 0. The summed E-state index contributed by atoms with van der Waals surface area (Å²) in [6, 6.07) is 8.82. The molecule has 10 N–H and O–H groups in total. The highest BCUT2D eigenvalue weighted by Gasteiger charge is 2.36. The fourth-order valence-corrected chi connectivity index (χ4v) is 7.11. The van der Waals surface area contributed by atoms with Gasteiger partial charge in [0.2, 0.25) is 47.8 Å². The maximum Gasteiger partial charge on any atom is 0.326 e. The number of benzene rings is 2. The third-order valence-corrected chi connectivity index (χ3v) is 11.1. The Morgan fingerprint density at radius 3 is 1.50 bits per heavy atom. The number of hydrogen-bond donors (Lipinski definition) is 9. The van der Waals surface area contributed by atoms with E-state index in [0.717, 1.165) is 0 Å². The Balaban J connectivity index is 2.45. The van der Waals surface area contributed by atoms with Crippen LogP contribution in [-0.4, -0.2) is 113 Å². The van der Waals surface area contributed by atoms with E-state index in [4.69, 9.17) is 5.73 Å². The highest BCUT2D eigenvalue weighted by atomic mass is 32.2. The maximum absolute atomic E-state index is 14.3. The molecule has 0 aliphatic carbocycles. The fourth-order valence-electron chi connectivity index (χ4n) is 6.64. The number of thioether (sulfide) groups is 1. The Hall–Kier alpha value is -5.98. The molecule has 0 saturated carbocycles. The van der Waals surface area contributed by atoms with Gasteiger partial charge in [0.15, 0.2) is 0 Å². The molecule has 0 unspecified atom stereocenters. The van der Waals surface area contributed by atoms with Crippen LogP contribution in [-0.2, 0) is 56.0 Å². The number of carbonyl (C=O) groups excluding carboxylic acids is 8. The van der Waals surface area contributed by atoms with Gasteiger partial charge in [-0.25, -0.2) is 4.79 Å². The average Bonchev–Trinajstić information content (AvgIpc) is 3.24. The number of aliphatic carboxylic acids is 1. The van der Waals surface area contributed by atoms with Gasteiger partial charge in [-0.15, -0.1) is 0 Å². The Labute approximate surface area is 379 Å². The highest BCUT2D eigenvalue weighted by molar-refractivity contribution is 7.98. The van der Waals surface area contributed by atoms with Crippen molar-refractivity contribution >= 4 is 65.5 Å². The molecule has 64 heavy (non-hydrogen) atoms. The molecule has 2 rings (SSSR count). The normalized spacial score (nSPS) is 14.8. The lowest BCUT2D eigenvalue weighted by atomic mass is 9.96. The second-order valence-electron chi connectivity index (χ2n) is 16.5. The zero-order valence-corrected chi connectivity index (χ0v) is 38.5. The number of primary amides is 1. The molecule has 0 aromatic heterocycles. The van der Waals surface area contributed by atoms with E-state index in [0.29, 0.717) is 36.1 Å². The largest absolute Gasteiger partial charge is 0.480 e. The van der Waals surface area contributed by atoms with Crippen molar-refractivity contribution in [1.29, 1.82) is 0 Å². The van der Waals surface area contributed by atoms with Crippen molar-refractivity contribution in [3.05, 3.63) is 71.8 Å². The van der Waals surface area contributed by atoms with Gasteiger partial charge in [-0.2, -0.15) is 11.8 Å². The second kappa shape index (κ2) is 27.9. The third kappa shape index (κ3) is 18.8. The summed E-state index contributed by atoms with van der Waals surface area (Å²) in [5, 5.41) is 27.9. The van der Waals surface area contributed by atoms with Crippen LogP contribution >= 0.6 is 11.8 Å². The topological polar surface area (TPSA) is 284 Å². The van der Waals surface area contributed by atoms with Crippen LogP contribution in [0.1, 0.15) is 78.4 Å². The molecule has 0 radical (unpaired) electrons. The van der Waals surface area contributed by atoms with Crippen molar-refractivity contribution in [1.82, 2.24) is 37.2 Å². The zero-order valence-electron chi connectivity index (χ0n) is 37.7. The van der Waals surface area contributed by atoms with Crippen LogP contribution in [0.5, 0.6) is 0 Å². The van der Waals surface area contributed by atoms with E-state index in [2.05, 4.69) is 37.2 Å². The molecule has 0 heterocycles. The first-order valence-corrected chi connectivity index (χ1v) is 22.8. The van der Waals surface area contributed by atoms with Gasteiger partial charge < -0.3 is 48.1 Å². The Kier molecular flexibility index (Phi) is 23.6. The first kappa shape index (κ1) is 54.2. The van der Waals surface area contributed by atoms with E-state index >= 15 is 0 Å². The van der Waals surface area contributed by atoms with E-state index in [1.807, 2.05) is 6.26 Å². The van der Waals surface area contributed by atoms with Gasteiger partial charge in [-0.3, -0.25) is 38.4 Å². The number of rotatable bonds is 29. The molecule has 18 nitrogen and oxygen atoms in total. The maximum atomic E-state index is 14.3. The first-order valence-electron chi connectivity index (χ1n) is 21.4. The van der Waals surface area contributed by atoms with Crippen molar-refractivity contribution in [3.63, 3.8) is 0 Å².